The maximum atomic E-state index is 13.1. The summed E-state index contributed by atoms with van der Waals surface area (Å²) in [5.74, 6) is 0.00954. The standard InChI is InChI=1S/C24H29N7O3S/c1-3-29(4-2)24-28-21(33)19(35-24)16-20(32)27-18-8-5-7-17(15-18)22(34)30-11-13-31(14-12-30)23-25-9-6-10-26-23/h5-10,15,19H,3-4,11-14,16H2,1-2H3,(H,27,32). The van der Waals surface area contributed by atoms with Gasteiger partial charge in [-0.1, -0.05) is 17.8 Å². The number of amides is 3. The van der Waals surface area contributed by atoms with Gasteiger partial charge in [-0.2, -0.15) is 4.99 Å². The molecule has 1 unspecified atom stereocenters. The molecule has 4 rings (SSSR count). The average Bonchev–Trinajstić information content (AvgIpc) is 3.24. The molecule has 2 aliphatic rings. The molecule has 0 radical (unpaired) electrons. The molecule has 1 N–H and O–H groups in total. The normalized spacial score (nSPS) is 17.8. The number of piperazine rings is 1. The Labute approximate surface area is 208 Å². The predicted molar refractivity (Wildman–Crippen MR) is 137 cm³/mol. The van der Waals surface area contributed by atoms with Crippen molar-refractivity contribution in [2.75, 3.05) is 49.5 Å². The van der Waals surface area contributed by atoms with Crippen molar-refractivity contribution in [3.63, 3.8) is 0 Å². The summed E-state index contributed by atoms with van der Waals surface area (Å²) in [6.45, 7) is 7.93. The Morgan fingerprint density at radius 3 is 2.49 bits per heavy atom. The first-order chi connectivity index (χ1) is 17.0. The Morgan fingerprint density at radius 2 is 1.80 bits per heavy atom. The zero-order valence-corrected chi connectivity index (χ0v) is 20.7. The largest absolute Gasteiger partial charge is 0.352 e. The zero-order valence-electron chi connectivity index (χ0n) is 19.9. The van der Waals surface area contributed by atoms with E-state index in [1.54, 1.807) is 47.6 Å². The number of amidine groups is 1. The summed E-state index contributed by atoms with van der Waals surface area (Å²) in [6.07, 6.45) is 3.44. The van der Waals surface area contributed by atoms with E-state index in [-0.39, 0.29) is 24.1 Å². The van der Waals surface area contributed by atoms with Gasteiger partial charge in [0.25, 0.3) is 11.8 Å². The summed E-state index contributed by atoms with van der Waals surface area (Å²) in [7, 11) is 0. The Balaban J connectivity index is 1.31. The summed E-state index contributed by atoms with van der Waals surface area (Å²) in [4.78, 5) is 56.5. The molecule has 2 aliphatic heterocycles. The minimum atomic E-state index is -0.527. The molecule has 0 bridgehead atoms. The van der Waals surface area contributed by atoms with Crippen molar-refractivity contribution < 1.29 is 14.4 Å². The van der Waals surface area contributed by atoms with Crippen molar-refractivity contribution in [1.82, 2.24) is 19.8 Å². The lowest BCUT2D eigenvalue weighted by Crippen LogP contribution is -2.49. The molecule has 1 fully saturated rings. The Kier molecular flexibility index (Phi) is 7.96. The van der Waals surface area contributed by atoms with Gasteiger partial charge in [0.15, 0.2) is 5.17 Å². The highest BCUT2D eigenvalue weighted by molar-refractivity contribution is 8.15. The summed E-state index contributed by atoms with van der Waals surface area (Å²) < 4.78 is 0. The second-order valence-electron chi connectivity index (χ2n) is 8.17. The molecule has 35 heavy (non-hydrogen) atoms. The second kappa shape index (κ2) is 11.3. The lowest BCUT2D eigenvalue weighted by molar-refractivity contribution is -0.121. The first kappa shape index (κ1) is 24.6. The van der Waals surface area contributed by atoms with Crippen LogP contribution in [0.25, 0.3) is 0 Å². The van der Waals surface area contributed by atoms with Gasteiger partial charge in [-0.15, -0.1) is 0 Å². The summed E-state index contributed by atoms with van der Waals surface area (Å²) in [5.41, 5.74) is 1.03. The first-order valence-electron chi connectivity index (χ1n) is 11.7. The predicted octanol–water partition coefficient (Wildman–Crippen LogP) is 2.11. The molecule has 0 saturated carbocycles. The lowest BCUT2D eigenvalue weighted by Gasteiger charge is -2.34. The van der Waals surface area contributed by atoms with Gasteiger partial charge in [0.05, 0.1) is 0 Å². The van der Waals surface area contributed by atoms with Gasteiger partial charge in [0.1, 0.15) is 5.25 Å². The number of carbonyl (C=O) groups excluding carboxylic acids is 3. The van der Waals surface area contributed by atoms with E-state index in [0.29, 0.717) is 48.5 Å². The molecular formula is C24H29N7O3S. The van der Waals surface area contributed by atoms with Crippen LogP contribution in [0.5, 0.6) is 0 Å². The fourth-order valence-corrected chi connectivity index (χ4v) is 5.19. The van der Waals surface area contributed by atoms with Crippen LogP contribution in [0.1, 0.15) is 30.6 Å². The number of anilines is 2. The van der Waals surface area contributed by atoms with E-state index in [9.17, 15) is 14.4 Å². The van der Waals surface area contributed by atoms with E-state index in [2.05, 4.69) is 25.2 Å². The summed E-state index contributed by atoms with van der Waals surface area (Å²) >= 11 is 1.33. The molecule has 1 atom stereocenters. The lowest BCUT2D eigenvalue weighted by atomic mass is 10.1. The van der Waals surface area contributed by atoms with Crippen molar-refractivity contribution >= 4 is 46.3 Å². The number of rotatable bonds is 7. The van der Waals surface area contributed by atoms with Gasteiger partial charge in [-0.25, -0.2) is 9.97 Å². The van der Waals surface area contributed by atoms with Crippen LogP contribution in [-0.4, -0.2) is 87.2 Å². The van der Waals surface area contributed by atoms with Gasteiger partial charge in [-0.3, -0.25) is 14.4 Å². The third-order valence-electron chi connectivity index (χ3n) is 5.93. The Morgan fingerprint density at radius 1 is 1.09 bits per heavy atom. The molecule has 184 valence electrons. The number of hydrogen-bond donors (Lipinski definition) is 1. The van der Waals surface area contributed by atoms with Gasteiger partial charge < -0.3 is 20.0 Å². The Hall–Kier alpha value is -3.47. The van der Waals surface area contributed by atoms with E-state index in [1.165, 1.54) is 11.8 Å². The maximum Gasteiger partial charge on any atom is 0.262 e. The molecule has 11 heteroatoms. The SMILES string of the molecule is CCN(CC)C1=NC(=O)C(CC(=O)Nc2cccc(C(=O)N3CCN(c4ncccn4)CC3)c2)S1. The fourth-order valence-electron chi connectivity index (χ4n) is 4.00. The van der Waals surface area contributed by atoms with E-state index >= 15 is 0 Å². The van der Waals surface area contributed by atoms with E-state index in [0.717, 1.165) is 13.1 Å². The van der Waals surface area contributed by atoms with Crippen molar-refractivity contribution in [3.05, 3.63) is 48.3 Å². The van der Waals surface area contributed by atoms with Gasteiger partial charge in [0, 0.05) is 69.3 Å². The number of nitrogens with zero attached hydrogens (tertiary/aromatic N) is 6. The third-order valence-corrected chi connectivity index (χ3v) is 7.14. The fraction of sp³-hybridized carbons (Fsp3) is 0.417. The van der Waals surface area contributed by atoms with Crippen LogP contribution in [0.15, 0.2) is 47.7 Å². The van der Waals surface area contributed by atoms with Crippen molar-refractivity contribution in [2.24, 2.45) is 4.99 Å². The molecule has 0 spiro atoms. The van der Waals surface area contributed by atoms with Crippen molar-refractivity contribution in [2.45, 2.75) is 25.5 Å². The molecule has 0 aliphatic carbocycles. The third kappa shape index (κ3) is 5.97. The molecular weight excluding hydrogens is 466 g/mol. The van der Waals surface area contributed by atoms with Crippen LogP contribution < -0.4 is 10.2 Å². The van der Waals surface area contributed by atoms with Crippen molar-refractivity contribution in [1.29, 1.82) is 0 Å². The molecule has 10 nitrogen and oxygen atoms in total. The smallest absolute Gasteiger partial charge is 0.262 e. The van der Waals surface area contributed by atoms with Crippen molar-refractivity contribution in [3.8, 4) is 0 Å². The number of hydrogen-bond acceptors (Lipinski definition) is 8. The molecule has 1 saturated heterocycles. The molecule has 1 aromatic heterocycles. The number of nitrogens with one attached hydrogen (secondary N) is 1. The van der Waals surface area contributed by atoms with Crippen LogP contribution in [0.2, 0.25) is 0 Å². The van der Waals surface area contributed by atoms with Crippen LogP contribution in [0.3, 0.4) is 0 Å². The monoisotopic (exact) mass is 495 g/mol. The van der Waals surface area contributed by atoms with Gasteiger partial charge in [0.2, 0.25) is 11.9 Å². The van der Waals surface area contributed by atoms with Crippen LogP contribution in [-0.2, 0) is 9.59 Å². The molecule has 3 amide bonds. The van der Waals surface area contributed by atoms with Crippen LogP contribution in [0.4, 0.5) is 11.6 Å². The maximum absolute atomic E-state index is 13.1. The Bertz CT molecular complexity index is 1100. The van der Waals surface area contributed by atoms with E-state index in [4.69, 9.17) is 0 Å². The minimum Gasteiger partial charge on any atom is -0.352 e. The topological polar surface area (TPSA) is 111 Å². The molecule has 3 heterocycles. The summed E-state index contributed by atoms with van der Waals surface area (Å²) in [5, 5.41) is 2.97. The minimum absolute atomic E-state index is 0.0272. The zero-order chi connectivity index (χ0) is 24.8. The highest BCUT2D eigenvalue weighted by atomic mass is 32.2. The van der Waals surface area contributed by atoms with E-state index < -0.39 is 5.25 Å². The highest BCUT2D eigenvalue weighted by Gasteiger charge is 2.32. The summed E-state index contributed by atoms with van der Waals surface area (Å²) in [6, 6.07) is 8.67. The molecule has 1 aromatic carbocycles. The number of benzene rings is 1. The second-order valence-corrected chi connectivity index (χ2v) is 9.34. The van der Waals surface area contributed by atoms with Crippen LogP contribution >= 0.6 is 11.8 Å². The first-order valence-corrected chi connectivity index (χ1v) is 12.6. The number of aliphatic imine (C=N–C) groups is 1. The highest BCUT2D eigenvalue weighted by Crippen LogP contribution is 2.27. The van der Waals surface area contributed by atoms with Gasteiger partial charge >= 0.3 is 0 Å². The molecule has 2 aromatic rings. The van der Waals surface area contributed by atoms with Crippen LogP contribution in [0, 0.1) is 0 Å². The van der Waals surface area contributed by atoms with Gasteiger partial charge in [-0.05, 0) is 38.1 Å². The van der Waals surface area contributed by atoms with E-state index in [1.807, 2.05) is 18.7 Å². The number of aromatic nitrogens is 2. The number of thioether (sulfide) groups is 1. The quantitative estimate of drug-likeness (QED) is 0.622. The number of carbonyl (C=O) groups is 3. The average molecular weight is 496 g/mol.